The predicted molar refractivity (Wildman–Crippen MR) is 398 cm³/mol. The van der Waals surface area contributed by atoms with Gasteiger partial charge in [-0.05, 0) is 147 Å². The molecule has 4 aromatic rings. The first-order valence-electron chi connectivity index (χ1n) is 37.2. The topological polar surface area (TPSA) is 424 Å². The number of carbonyl (C=O) groups excluding carboxylic acids is 12. The molecule has 12 atom stereocenters. The summed E-state index contributed by atoms with van der Waals surface area (Å²) < 4.78 is 0. The summed E-state index contributed by atoms with van der Waals surface area (Å²) in [7, 11) is 0. The van der Waals surface area contributed by atoms with E-state index in [9.17, 15) is 48.6 Å². The first-order valence-corrected chi connectivity index (χ1v) is 37.2. The molecule has 0 aliphatic carbocycles. The summed E-state index contributed by atoms with van der Waals surface area (Å²) in [5.74, 6) is -10.4. The average molecular weight is 1470 g/mol. The zero-order valence-corrected chi connectivity index (χ0v) is 62.2. The van der Waals surface area contributed by atoms with Crippen LogP contribution in [0.1, 0.15) is 142 Å². The molecule has 12 amide bonds. The molecule has 106 heavy (non-hydrogen) atoms. The first kappa shape index (κ1) is 83.3. The molecule has 0 spiro atoms. The lowest BCUT2D eigenvalue weighted by molar-refractivity contribution is -0.142. The number of benzene rings is 4. The largest absolute Gasteiger partial charge is 0.508 e. The smallest absolute Gasteiger partial charge is 0.246 e. The fourth-order valence-corrected chi connectivity index (χ4v) is 13.5. The number of nitrogens with one attached hydrogen (secondary N) is 10. The Morgan fingerprint density at radius 3 is 1.65 bits per heavy atom. The Kier molecular flexibility index (Phi) is 31.8. The second-order valence-corrected chi connectivity index (χ2v) is 29.6. The highest BCUT2D eigenvalue weighted by atomic mass is 16.3. The van der Waals surface area contributed by atoms with Crippen LogP contribution in [0.25, 0.3) is 0 Å². The molecule has 3 aliphatic rings. The van der Waals surface area contributed by atoms with Crippen molar-refractivity contribution in [2.45, 2.75) is 218 Å². The Morgan fingerprint density at radius 2 is 1.05 bits per heavy atom. The number of nitrogens with two attached hydrogens (primary N) is 2. The maximum absolute atomic E-state index is 15.3. The number of amides is 12. The van der Waals surface area contributed by atoms with Crippen LogP contribution in [0.3, 0.4) is 0 Å². The lowest BCUT2D eigenvalue weighted by Gasteiger charge is -2.32. The van der Waals surface area contributed by atoms with E-state index < -0.39 is 155 Å². The lowest BCUT2D eigenvalue weighted by atomic mass is 9.99. The Labute approximate surface area is 621 Å². The van der Waals surface area contributed by atoms with Gasteiger partial charge < -0.3 is 84.6 Å². The van der Waals surface area contributed by atoms with Gasteiger partial charge in [0.15, 0.2) is 0 Å². The normalized spacial score (nSPS) is 23.1. The summed E-state index contributed by atoms with van der Waals surface area (Å²) in [6.45, 7) is 14.3. The van der Waals surface area contributed by atoms with E-state index in [4.69, 9.17) is 11.5 Å². The van der Waals surface area contributed by atoms with Crippen LogP contribution in [0, 0.1) is 23.7 Å². The molecule has 0 unspecified atom stereocenters. The van der Waals surface area contributed by atoms with E-state index in [0.29, 0.717) is 29.5 Å². The van der Waals surface area contributed by atoms with Crippen LogP contribution in [0.4, 0.5) is 0 Å². The molecule has 0 aromatic heterocycles. The van der Waals surface area contributed by atoms with E-state index in [0.717, 1.165) is 5.56 Å². The molecule has 4 aromatic carbocycles. The number of phenols is 2. The van der Waals surface area contributed by atoms with Gasteiger partial charge in [-0.3, -0.25) is 57.5 Å². The highest BCUT2D eigenvalue weighted by Gasteiger charge is 2.43. The molecule has 576 valence electrons. The Balaban J connectivity index is 1.22. The van der Waals surface area contributed by atoms with E-state index in [1.807, 2.05) is 58.0 Å². The molecule has 3 heterocycles. The Bertz CT molecular complexity index is 3640. The van der Waals surface area contributed by atoms with Gasteiger partial charge in [0.2, 0.25) is 70.9 Å². The van der Waals surface area contributed by atoms with E-state index in [1.54, 1.807) is 82.3 Å². The van der Waals surface area contributed by atoms with Crippen LogP contribution in [-0.4, -0.2) is 190 Å². The number of nitrogens with zero attached hydrogens (tertiary/aromatic N) is 2. The Hall–Kier alpha value is -9.96. The zero-order valence-electron chi connectivity index (χ0n) is 62.2. The van der Waals surface area contributed by atoms with Crippen molar-refractivity contribution in [3.63, 3.8) is 0 Å². The molecule has 3 fully saturated rings. The molecule has 28 nitrogen and oxygen atoms in total. The summed E-state index contributed by atoms with van der Waals surface area (Å²) in [6, 6.07) is 14.8. The van der Waals surface area contributed by atoms with E-state index in [1.165, 1.54) is 34.1 Å². The molecular weight excluding hydrogens is 1360 g/mol. The molecule has 28 heteroatoms. The minimum absolute atomic E-state index is 0.00367. The van der Waals surface area contributed by atoms with Gasteiger partial charge in [-0.25, -0.2) is 0 Å². The number of aromatic hydroxyl groups is 2. The van der Waals surface area contributed by atoms with Crippen molar-refractivity contribution in [2.24, 2.45) is 35.1 Å². The number of rotatable bonds is 24. The average Bonchev–Trinajstić information content (AvgIpc) is 1.61. The molecule has 16 N–H and O–H groups in total. The molecule has 3 saturated heterocycles. The summed E-state index contributed by atoms with van der Waals surface area (Å²) in [5, 5.41) is 48.7. The maximum atomic E-state index is 15.3. The van der Waals surface area contributed by atoms with E-state index in [-0.39, 0.29) is 127 Å². The minimum atomic E-state index is -1.49. The predicted octanol–water partition coefficient (Wildman–Crippen LogP) is 2.09. The SMILES string of the molecule is CC(C)C[C@@H]1NC(=O)[C@H](CCCN)NC(=O)[C@H](C(C)C)NC(=O)[C@@H](Cc2ccc(O)cc2)NC(=O)[C@@H]2CCCN2C(=O)[C@@H](Cc2ccccc2)NC(=O)[C@H](CC(C)C)NC(=O)[C@@H](NC(=O)[C@@H](NC(=O)[C@@H](Cc2ccc(O)cc2)NC(=O)[C@@H]2CCCN2C(=O)[C@H](N)Cc2ccccc2)C(C)C)CCCNC1=O. The Morgan fingerprint density at radius 1 is 0.528 bits per heavy atom. The quantitative estimate of drug-likeness (QED) is 0.0478. The fraction of sp³-hybridized carbons (Fsp3) is 0.538. The summed E-state index contributed by atoms with van der Waals surface area (Å²) in [6.07, 6.45) is 1.41. The summed E-state index contributed by atoms with van der Waals surface area (Å²) in [5.41, 5.74) is 14.9. The molecule has 0 saturated carbocycles. The van der Waals surface area contributed by atoms with Crippen LogP contribution in [0.2, 0.25) is 0 Å². The van der Waals surface area contributed by atoms with Crippen molar-refractivity contribution in [1.29, 1.82) is 0 Å². The van der Waals surface area contributed by atoms with Crippen molar-refractivity contribution < 1.29 is 67.7 Å². The molecule has 0 bridgehead atoms. The van der Waals surface area contributed by atoms with Crippen LogP contribution in [-0.2, 0) is 83.2 Å². The fourth-order valence-electron chi connectivity index (χ4n) is 13.5. The third-order valence-corrected chi connectivity index (χ3v) is 19.3. The van der Waals surface area contributed by atoms with Crippen molar-refractivity contribution >= 4 is 70.9 Å². The number of likely N-dealkylation sites (tertiary alicyclic amines) is 1. The van der Waals surface area contributed by atoms with Gasteiger partial charge in [0.1, 0.15) is 78.0 Å². The second-order valence-electron chi connectivity index (χ2n) is 29.6. The number of phenolic OH excluding ortho intramolecular Hbond substituents is 2. The van der Waals surface area contributed by atoms with E-state index >= 15 is 19.2 Å². The number of carbonyl (C=O) groups is 12. The van der Waals surface area contributed by atoms with Crippen LogP contribution < -0.4 is 64.6 Å². The van der Waals surface area contributed by atoms with Gasteiger partial charge in [-0.1, -0.05) is 140 Å². The maximum Gasteiger partial charge on any atom is 0.246 e. The van der Waals surface area contributed by atoms with Gasteiger partial charge in [0.05, 0.1) is 6.04 Å². The summed E-state index contributed by atoms with van der Waals surface area (Å²) >= 11 is 0. The lowest BCUT2D eigenvalue weighted by Crippen LogP contribution is -2.61. The molecule has 3 aliphatic heterocycles. The van der Waals surface area contributed by atoms with Gasteiger partial charge in [-0.15, -0.1) is 0 Å². The molecule has 0 radical (unpaired) electrons. The highest BCUT2D eigenvalue weighted by Crippen LogP contribution is 2.24. The van der Waals surface area contributed by atoms with E-state index in [2.05, 4.69) is 53.2 Å². The van der Waals surface area contributed by atoms with Gasteiger partial charge in [0, 0.05) is 38.9 Å². The van der Waals surface area contributed by atoms with Crippen LogP contribution in [0.15, 0.2) is 109 Å². The number of fused-ring (bicyclic) bond motifs is 1. The van der Waals surface area contributed by atoms with Gasteiger partial charge in [0.25, 0.3) is 0 Å². The second kappa shape index (κ2) is 40.5. The van der Waals surface area contributed by atoms with Crippen molar-refractivity contribution in [2.75, 3.05) is 26.2 Å². The van der Waals surface area contributed by atoms with Crippen molar-refractivity contribution in [1.82, 2.24) is 63.0 Å². The van der Waals surface area contributed by atoms with Crippen LogP contribution >= 0.6 is 0 Å². The number of hydrogen-bond donors (Lipinski definition) is 14. The zero-order chi connectivity index (χ0) is 77.3. The summed E-state index contributed by atoms with van der Waals surface area (Å²) in [4.78, 5) is 180. The van der Waals surface area contributed by atoms with Crippen molar-refractivity contribution in [3.05, 3.63) is 131 Å². The highest BCUT2D eigenvalue weighted by molar-refractivity contribution is 6.00. The third-order valence-electron chi connectivity index (χ3n) is 19.3. The first-order chi connectivity index (χ1) is 50.5. The van der Waals surface area contributed by atoms with Crippen LogP contribution in [0.5, 0.6) is 11.5 Å². The van der Waals surface area contributed by atoms with Gasteiger partial charge >= 0.3 is 0 Å². The monoisotopic (exact) mass is 1470 g/mol. The molecule has 7 rings (SSSR count). The minimum Gasteiger partial charge on any atom is -0.508 e. The van der Waals surface area contributed by atoms with Crippen molar-refractivity contribution in [3.8, 4) is 11.5 Å². The van der Waals surface area contributed by atoms with Gasteiger partial charge in [-0.2, -0.15) is 0 Å². The third kappa shape index (κ3) is 24.8. The standard InChI is InChI=1S/C78H110N14O14/c1-45(2)39-58-67(95)81-36-16-24-57(83-76(104)66(48(7)8)90-71(99)60(42-51-27-31-53(93)32-28-51)86-73(101)63-25-17-37-91(63)77(105)55(80)41-49-19-11-9-12-20-49)69(97)85-59(40-46(3)4)70(98)88-62(44-50-21-13-10-14-22-50)78(106)92-38-18-26-64(92)74(102)87-61(43-52-29-33-54(94)34-30-52)72(100)89-65(47(5)6)75(103)82-56(23-15-35-79)68(96)84-58/h9-14,19-22,27-34,45-48,55-66,93-94H,15-18,23-26,35-44,79-80H2,1-8H3,(H,81,95)(H,82,103)(H,83,104)(H,84,96)(H,85,97)(H,86,101)(H,87,102)(H,88,98)(H,89,100)(H,90,99)/t55-,56+,57+,58+,59+,60-,61-,62-,63+,64+,65+,66+/m1/s1. The number of hydrogen-bond acceptors (Lipinski definition) is 16. The molecular formula is C78H110N14O14.